The van der Waals surface area contributed by atoms with Gasteiger partial charge in [-0.25, -0.2) is 12.8 Å². The number of rotatable bonds is 3. The third-order valence-electron chi connectivity index (χ3n) is 1.32. The van der Waals surface area contributed by atoms with Crippen molar-refractivity contribution in [3.05, 3.63) is 28.5 Å². The first-order valence-electron chi connectivity index (χ1n) is 3.40. The van der Waals surface area contributed by atoms with Crippen molar-refractivity contribution in [3.8, 4) is 0 Å². The molecule has 0 aromatic carbocycles. The molecule has 0 bridgehead atoms. The number of alkyl halides is 1. The number of hydrogen-bond acceptors (Lipinski definition) is 3. The summed E-state index contributed by atoms with van der Waals surface area (Å²) in [6, 6.07) is 1.86. The molecule has 0 amide bonds. The minimum Gasteiger partial charge on any atom is -0.259 e. The van der Waals surface area contributed by atoms with E-state index in [9.17, 15) is 12.8 Å². The van der Waals surface area contributed by atoms with Gasteiger partial charge in [-0.2, -0.15) is 0 Å². The van der Waals surface area contributed by atoms with Crippen LogP contribution in [0.25, 0.3) is 0 Å². The van der Waals surface area contributed by atoms with Crippen molar-refractivity contribution >= 4 is 25.8 Å². The molecular weight excluding hydrogens is 261 g/mol. The van der Waals surface area contributed by atoms with Crippen molar-refractivity contribution < 1.29 is 12.8 Å². The average molecular weight is 268 g/mol. The van der Waals surface area contributed by atoms with Crippen LogP contribution in [0, 0.1) is 0 Å². The van der Waals surface area contributed by atoms with E-state index in [4.69, 9.17) is 0 Å². The zero-order valence-corrected chi connectivity index (χ0v) is 8.98. The first-order valence-corrected chi connectivity index (χ1v) is 6.02. The van der Waals surface area contributed by atoms with E-state index in [1.165, 1.54) is 12.3 Å². The van der Waals surface area contributed by atoms with Crippen molar-refractivity contribution in [1.29, 1.82) is 0 Å². The Kier molecular flexibility index (Phi) is 3.38. The van der Waals surface area contributed by atoms with Crippen LogP contribution in [0.1, 0.15) is 5.69 Å². The number of sulfone groups is 1. The van der Waals surface area contributed by atoms with Crippen LogP contribution in [0.2, 0.25) is 0 Å². The summed E-state index contributed by atoms with van der Waals surface area (Å²) in [6.45, 7) is 0. The Morgan fingerprint density at radius 3 is 2.62 bits per heavy atom. The summed E-state index contributed by atoms with van der Waals surface area (Å²) >= 11 is 3.16. The molecule has 0 saturated carbocycles. The molecule has 6 heteroatoms. The van der Waals surface area contributed by atoms with Crippen LogP contribution in [0.3, 0.4) is 0 Å². The van der Waals surface area contributed by atoms with Crippen LogP contribution >= 0.6 is 15.9 Å². The van der Waals surface area contributed by atoms with Crippen molar-refractivity contribution in [3.63, 3.8) is 0 Å². The van der Waals surface area contributed by atoms with Crippen LogP contribution in [0.4, 0.5) is 4.39 Å². The predicted octanol–water partition coefficient (Wildman–Crippen LogP) is 1.69. The van der Waals surface area contributed by atoms with Gasteiger partial charge in [0, 0.05) is 10.7 Å². The van der Waals surface area contributed by atoms with E-state index in [-0.39, 0.29) is 5.75 Å². The monoisotopic (exact) mass is 267 g/mol. The van der Waals surface area contributed by atoms with E-state index >= 15 is 0 Å². The van der Waals surface area contributed by atoms with E-state index < -0.39 is 15.8 Å². The zero-order chi connectivity index (χ0) is 9.90. The number of hydrogen-bond donors (Lipinski definition) is 0. The average Bonchev–Trinajstić information content (AvgIpc) is 2.09. The van der Waals surface area contributed by atoms with E-state index in [1.54, 1.807) is 6.07 Å². The molecule has 1 aromatic rings. The lowest BCUT2D eigenvalue weighted by atomic mass is 10.4. The van der Waals surface area contributed by atoms with Crippen LogP contribution in [0.5, 0.6) is 0 Å². The molecule has 3 nitrogen and oxygen atoms in total. The number of halogens is 2. The second kappa shape index (κ2) is 4.15. The van der Waals surface area contributed by atoms with E-state index in [0.29, 0.717) is 5.69 Å². The Bertz CT molecular complexity index is 376. The highest BCUT2D eigenvalue weighted by Gasteiger charge is 2.11. The van der Waals surface area contributed by atoms with Gasteiger partial charge >= 0.3 is 0 Å². The first-order chi connectivity index (χ1) is 6.03. The molecule has 1 heterocycles. The Balaban J connectivity index is 2.82. The van der Waals surface area contributed by atoms with Crippen LogP contribution < -0.4 is 0 Å². The molecule has 72 valence electrons. The number of aromatic nitrogens is 1. The molecule has 0 aliphatic carbocycles. The van der Waals surface area contributed by atoms with Gasteiger partial charge in [0.25, 0.3) is 0 Å². The van der Waals surface area contributed by atoms with Gasteiger partial charge < -0.3 is 0 Å². The molecule has 1 rings (SSSR count). The lowest BCUT2D eigenvalue weighted by Gasteiger charge is -1.98. The Morgan fingerprint density at radius 2 is 2.15 bits per heavy atom. The highest BCUT2D eigenvalue weighted by atomic mass is 79.9. The lowest BCUT2D eigenvalue weighted by molar-refractivity contribution is 0.533. The van der Waals surface area contributed by atoms with Gasteiger partial charge in [0.1, 0.15) is 0 Å². The minimum absolute atomic E-state index is 0.348. The van der Waals surface area contributed by atoms with Gasteiger partial charge in [-0.3, -0.25) is 4.98 Å². The molecule has 0 aliphatic rings. The molecule has 0 unspecified atom stereocenters. The maximum Gasteiger partial charge on any atom is 0.191 e. The Morgan fingerprint density at radius 1 is 1.46 bits per heavy atom. The summed E-state index contributed by atoms with van der Waals surface area (Å²) < 4.78 is 34.3. The van der Waals surface area contributed by atoms with E-state index in [2.05, 4.69) is 20.9 Å². The summed E-state index contributed by atoms with van der Waals surface area (Å²) in [5.74, 6) is -0.350. The molecular formula is C7H7BrFNO2S. The second-order valence-electron chi connectivity index (χ2n) is 2.46. The topological polar surface area (TPSA) is 47.0 Å². The summed E-state index contributed by atoms with van der Waals surface area (Å²) in [6.07, 6.45) is 1.48. The molecule has 13 heavy (non-hydrogen) atoms. The van der Waals surface area contributed by atoms with E-state index in [1.807, 2.05) is 0 Å². The summed E-state index contributed by atoms with van der Waals surface area (Å²) in [7, 11) is -3.63. The molecule has 0 N–H and O–H groups in total. The van der Waals surface area contributed by atoms with Gasteiger partial charge in [0.05, 0.1) is 11.4 Å². The lowest BCUT2D eigenvalue weighted by Crippen LogP contribution is -2.06. The SMILES string of the molecule is O=S(=O)(CF)Cc1ccc(Br)cn1. The van der Waals surface area contributed by atoms with Crippen LogP contribution in [-0.2, 0) is 15.6 Å². The summed E-state index contributed by atoms with van der Waals surface area (Å²) in [5, 5.41) is 0. The smallest absolute Gasteiger partial charge is 0.191 e. The number of nitrogens with zero attached hydrogens (tertiary/aromatic N) is 1. The Hall–Kier alpha value is -0.490. The third kappa shape index (κ3) is 3.40. The quantitative estimate of drug-likeness (QED) is 0.838. The maximum absolute atomic E-state index is 11.9. The van der Waals surface area contributed by atoms with Crippen molar-refractivity contribution in [2.75, 3.05) is 6.01 Å². The van der Waals surface area contributed by atoms with Crippen molar-refractivity contribution in [1.82, 2.24) is 4.98 Å². The molecule has 0 saturated heterocycles. The fourth-order valence-corrected chi connectivity index (χ4v) is 1.69. The predicted molar refractivity (Wildman–Crippen MR) is 50.5 cm³/mol. The van der Waals surface area contributed by atoms with Gasteiger partial charge in [-0.15, -0.1) is 0 Å². The first kappa shape index (κ1) is 10.6. The Labute approximate surface area is 84.0 Å². The van der Waals surface area contributed by atoms with Crippen molar-refractivity contribution in [2.45, 2.75) is 5.75 Å². The number of pyridine rings is 1. The second-order valence-corrected chi connectivity index (χ2v) is 5.37. The normalized spacial score (nSPS) is 11.5. The summed E-state index contributed by atoms with van der Waals surface area (Å²) in [4.78, 5) is 3.82. The minimum atomic E-state index is -3.63. The van der Waals surface area contributed by atoms with Crippen molar-refractivity contribution in [2.24, 2.45) is 0 Å². The largest absolute Gasteiger partial charge is 0.259 e. The van der Waals surface area contributed by atoms with Crippen LogP contribution in [0.15, 0.2) is 22.8 Å². The summed E-state index contributed by atoms with van der Waals surface area (Å²) in [5.41, 5.74) is 0.348. The van der Waals surface area contributed by atoms with Crippen LogP contribution in [-0.4, -0.2) is 19.4 Å². The molecule has 0 spiro atoms. The van der Waals surface area contributed by atoms with Gasteiger partial charge in [-0.05, 0) is 28.1 Å². The fourth-order valence-electron chi connectivity index (χ4n) is 0.756. The molecule has 0 fully saturated rings. The molecule has 0 atom stereocenters. The molecule has 1 aromatic heterocycles. The maximum atomic E-state index is 11.9. The van der Waals surface area contributed by atoms with Gasteiger partial charge in [0.15, 0.2) is 15.8 Å². The van der Waals surface area contributed by atoms with E-state index in [0.717, 1.165) is 4.47 Å². The highest BCUT2D eigenvalue weighted by Crippen LogP contribution is 2.09. The third-order valence-corrected chi connectivity index (χ3v) is 2.86. The van der Waals surface area contributed by atoms with Gasteiger partial charge in [0.2, 0.25) is 0 Å². The van der Waals surface area contributed by atoms with Gasteiger partial charge in [-0.1, -0.05) is 0 Å². The fraction of sp³-hybridized carbons (Fsp3) is 0.286. The highest BCUT2D eigenvalue weighted by molar-refractivity contribution is 9.10. The molecule has 0 radical (unpaired) electrons. The molecule has 0 aliphatic heterocycles. The standard InChI is InChI=1S/C7H7BrFNO2S/c8-6-1-2-7(10-3-6)4-13(11,12)5-9/h1-3H,4-5H2. The zero-order valence-electron chi connectivity index (χ0n) is 6.57.